The first-order chi connectivity index (χ1) is 15.1. The lowest BCUT2D eigenvalue weighted by molar-refractivity contribution is -0.143. The molecule has 0 aliphatic rings. The fourth-order valence-electron chi connectivity index (χ4n) is 3.13. The van der Waals surface area contributed by atoms with Crippen molar-refractivity contribution in [2.45, 2.75) is 91.4 Å². The number of rotatable bonds is 15. The smallest absolute Gasteiger partial charge is 0.326 e. The first kappa shape index (κ1) is 30.3. The van der Waals surface area contributed by atoms with E-state index in [0.29, 0.717) is 0 Å². The van der Waals surface area contributed by atoms with Crippen LogP contribution < -0.4 is 21.7 Å². The Kier molecular flexibility index (Phi) is 13.3. The monoisotopic (exact) mass is 472 g/mol. The Bertz CT molecular complexity index is 694. The highest BCUT2D eigenvalue weighted by atomic mass is 16.4. The number of carbonyl (C=O) groups excluding carboxylic acids is 3. The van der Waals surface area contributed by atoms with Crippen molar-refractivity contribution in [3.8, 4) is 0 Å². The van der Waals surface area contributed by atoms with Gasteiger partial charge in [0.05, 0.1) is 6.04 Å². The number of nitrogens with one attached hydrogen (secondary N) is 3. The minimum atomic E-state index is -1.17. The summed E-state index contributed by atoms with van der Waals surface area (Å²) in [7, 11) is 0. The van der Waals surface area contributed by atoms with Crippen LogP contribution in [0.5, 0.6) is 0 Å². The highest BCUT2D eigenvalue weighted by Gasteiger charge is 2.32. The normalized spacial score (nSPS) is 15.0. The molecule has 3 amide bonds. The molecule has 190 valence electrons. The highest BCUT2D eigenvalue weighted by molar-refractivity contribution is 5.94. The van der Waals surface area contributed by atoms with Gasteiger partial charge in [-0.1, -0.05) is 41.5 Å². The zero-order chi connectivity index (χ0) is 25.9. The molecule has 11 heteroatoms. The molecule has 0 bridgehead atoms. The van der Waals surface area contributed by atoms with Crippen LogP contribution in [0.3, 0.4) is 0 Å². The maximum absolute atomic E-state index is 13.0. The van der Waals surface area contributed by atoms with Gasteiger partial charge in [-0.2, -0.15) is 0 Å². The van der Waals surface area contributed by atoms with E-state index in [1.165, 1.54) is 0 Å². The zero-order valence-electron chi connectivity index (χ0n) is 20.4. The number of carboxylic acid groups (broad SMARTS) is 2. The number of carbonyl (C=O) groups is 5. The summed E-state index contributed by atoms with van der Waals surface area (Å²) in [6.07, 6.45) is 0.166. The molecule has 0 saturated heterocycles. The minimum Gasteiger partial charge on any atom is -0.481 e. The minimum absolute atomic E-state index is 0.0194. The van der Waals surface area contributed by atoms with E-state index in [1.54, 1.807) is 13.8 Å². The van der Waals surface area contributed by atoms with Crippen molar-refractivity contribution in [1.82, 2.24) is 16.0 Å². The van der Waals surface area contributed by atoms with Crippen LogP contribution in [0.2, 0.25) is 0 Å². The number of amides is 3. The van der Waals surface area contributed by atoms with Gasteiger partial charge >= 0.3 is 11.9 Å². The van der Waals surface area contributed by atoms with E-state index < -0.39 is 53.8 Å². The van der Waals surface area contributed by atoms with Gasteiger partial charge in [0.15, 0.2) is 0 Å². The van der Waals surface area contributed by atoms with E-state index in [2.05, 4.69) is 16.0 Å². The Labute approximate surface area is 195 Å². The predicted octanol–water partition coefficient (Wildman–Crippen LogP) is 0.466. The van der Waals surface area contributed by atoms with E-state index in [1.807, 2.05) is 27.7 Å². The van der Waals surface area contributed by atoms with Gasteiger partial charge in [-0.3, -0.25) is 19.2 Å². The molecule has 0 saturated carbocycles. The summed E-state index contributed by atoms with van der Waals surface area (Å²) in [5, 5.41) is 25.8. The topological polar surface area (TPSA) is 188 Å². The molecule has 4 atom stereocenters. The van der Waals surface area contributed by atoms with Crippen LogP contribution in [-0.2, 0) is 24.0 Å². The summed E-state index contributed by atoms with van der Waals surface area (Å²) in [6, 6.07) is -4.19. The molecular formula is C22H40N4O7. The number of hydrogen-bond acceptors (Lipinski definition) is 6. The Morgan fingerprint density at radius 1 is 0.727 bits per heavy atom. The quantitative estimate of drug-likeness (QED) is 0.198. The molecule has 0 aliphatic carbocycles. The van der Waals surface area contributed by atoms with E-state index in [9.17, 15) is 29.1 Å². The average Bonchev–Trinajstić information content (AvgIpc) is 2.67. The summed E-state index contributed by atoms with van der Waals surface area (Å²) in [6.45, 7) is 10.8. The molecule has 0 aromatic carbocycles. The third-order valence-corrected chi connectivity index (χ3v) is 4.92. The van der Waals surface area contributed by atoms with E-state index in [4.69, 9.17) is 10.8 Å². The highest BCUT2D eigenvalue weighted by Crippen LogP contribution is 2.11. The fourth-order valence-corrected chi connectivity index (χ4v) is 3.13. The second kappa shape index (κ2) is 14.5. The molecule has 0 unspecified atom stereocenters. The van der Waals surface area contributed by atoms with Crippen molar-refractivity contribution in [1.29, 1.82) is 0 Å². The molecule has 0 aromatic heterocycles. The standard InChI is InChI=1S/C22H40N4O7/c1-11(2)9-15(24-19(29)14(23)7-8-17(27)28)20(30)25-16(10-12(3)4)21(31)26-18(13(5)6)22(32)33/h11-16,18H,7-10,23H2,1-6H3,(H,24,29)(H,25,30)(H,26,31)(H,27,28)(H,32,33)/t14-,15-,16-,18-/m0/s1. The van der Waals surface area contributed by atoms with Gasteiger partial charge in [0.25, 0.3) is 0 Å². The lowest BCUT2D eigenvalue weighted by Gasteiger charge is -2.27. The molecule has 0 heterocycles. The van der Waals surface area contributed by atoms with Crippen LogP contribution in [0.15, 0.2) is 0 Å². The summed E-state index contributed by atoms with van der Waals surface area (Å²) in [5.41, 5.74) is 5.74. The van der Waals surface area contributed by atoms with Crippen molar-refractivity contribution in [3.05, 3.63) is 0 Å². The molecule has 0 spiro atoms. The van der Waals surface area contributed by atoms with Crippen LogP contribution in [0.4, 0.5) is 0 Å². The van der Waals surface area contributed by atoms with Crippen molar-refractivity contribution in [3.63, 3.8) is 0 Å². The van der Waals surface area contributed by atoms with E-state index in [-0.39, 0.29) is 43.4 Å². The largest absolute Gasteiger partial charge is 0.481 e. The van der Waals surface area contributed by atoms with Crippen molar-refractivity contribution < 1.29 is 34.2 Å². The van der Waals surface area contributed by atoms with Gasteiger partial charge in [0, 0.05) is 6.42 Å². The summed E-state index contributed by atoms with van der Waals surface area (Å²) >= 11 is 0. The molecule has 0 aromatic rings. The Morgan fingerprint density at radius 3 is 1.52 bits per heavy atom. The van der Waals surface area contributed by atoms with Gasteiger partial charge in [-0.25, -0.2) is 4.79 Å². The molecule has 0 fully saturated rings. The molecular weight excluding hydrogens is 432 g/mol. The van der Waals surface area contributed by atoms with Crippen LogP contribution in [0.25, 0.3) is 0 Å². The van der Waals surface area contributed by atoms with Gasteiger partial charge in [-0.15, -0.1) is 0 Å². The van der Waals surface area contributed by atoms with Gasteiger partial charge in [-0.05, 0) is 37.0 Å². The summed E-state index contributed by atoms with van der Waals surface area (Å²) in [4.78, 5) is 60.4. The first-order valence-electron chi connectivity index (χ1n) is 11.3. The number of aliphatic carboxylic acids is 2. The van der Waals surface area contributed by atoms with Crippen molar-refractivity contribution >= 4 is 29.7 Å². The maximum Gasteiger partial charge on any atom is 0.326 e. The number of carboxylic acids is 2. The first-order valence-corrected chi connectivity index (χ1v) is 11.3. The molecule has 11 nitrogen and oxygen atoms in total. The van der Waals surface area contributed by atoms with E-state index >= 15 is 0 Å². The zero-order valence-corrected chi connectivity index (χ0v) is 20.4. The average molecular weight is 473 g/mol. The number of nitrogens with two attached hydrogens (primary N) is 1. The van der Waals surface area contributed by atoms with Crippen LogP contribution in [0.1, 0.15) is 67.2 Å². The van der Waals surface area contributed by atoms with Gasteiger partial charge in [0.2, 0.25) is 17.7 Å². The van der Waals surface area contributed by atoms with E-state index in [0.717, 1.165) is 0 Å². The Hall–Kier alpha value is -2.69. The molecule has 0 rings (SSSR count). The molecule has 7 N–H and O–H groups in total. The lowest BCUT2D eigenvalue weighted by atomic mass is 9.98. The third-order valence-electron chi connectivity index (χ3n) is 4.92. The SMILES string of the molecule is CC(C)C[C@H](NC(=O)[C@H](CC(C)C)NC(=O)[C@@H](N)CCC(=O)O)C(=O)N[C@H](C(=O)O)C(C)C. The lowest BCUT2D eigenvalue weighted by Crippen LogP contribution is -2.58. The maximum atomic E-state index is 13.0. The predicted molar refractivity (Wildman–Crippen MR) is 122 cm³/mol. The van der Waals surface area contributed by atoms with Crippen LogP contribution >= 0.6 is 0 Å². The fraction of sp³-hybridized carbons (Fsp3) is 0.773. The Balaban J connectivity index is 5.47. The Morgan fingerprint density at radius 2 is 1.15 bits per heavy atom. The van der Waals surface area contributed by atoms with Crippen LogP contribution in [0, 0.1) is 17.8 Å². The second-order valence-electron chi connectivity index (χ2n) is 9.49. The summed E-state index contributed by atoms with van der Waals surface area (Å²) in [5.74, 6) is -4.45. The van der Waals surface area contributed by atoms with Crippen molar-refractivity contribution in [2.24, 2.45) is 23.5 Å². The molecule has 0 radical (unpaired) electrons. The molecule has 33 heavy (non-hydrogen) atoms. The van der Waals surface area contributed by atoms with Gasteiger partial charge < -0.3 is 31.9 Å². The molecule has 0 aliphatic heterocycles. The number of hydrogen-bond donors (Lipinski definition) is 6. The van der Waals surface area contributed by atoms with Crippen LogP contribution in [-0.4, -0.2) is 64.0 Å². The van der Waals surface area contributed by atoms with Gasteiger partial charge in [0.1, 0.15) is 18.1 Å². The third kappa shape index (κ3) is 12.2. The van der Waals surface area contributed by atoms with Crippen molar-refractivity contribution in [2.75, 3.05) is 0 Å². The second-order valence-corrected chi connectivity index (χ2v) is 9.49. The summed E-state index contributed by atoms with van der Waals surface area (Å²) < 4.78 is 0.